The smallest absolute Gasteiger partial charge is 0.271 e. The Kier molecular flexibility index (Phi) is 3.02. The Balaban J connectivity index is 2.04. The molecule has 0 saturated carbocycles. The number of hydrogen-bond acceptors (Lipinski definition) is 4. The van der Waals surface area contributed by atoms with Gasteiger partial charge in [-0.2, -0.15) is 0 Å². The van der Waals surface area contributed by atoms with Gasteiger partial charge in [-0.25, -0.2) is 0 Å². The second-order valence-corrected chi connectivity index (χ2v) is 4.88. The number of anilines is 3. The van der Waals surface area contributed by atoms with E-state index in [0.29, 0.717) is 5.69 Å². The Morgan fingerprint density at radius 2 is 1.95 bits per heavy atom. The van der Waals surface area contributed by atoms with E-state index in [2.05, 4.69) is 17.0 Å². The predicted octanol–water partition coefficient (Wildman–Crippen LogP) is 3.26. The van der Waals surface area contributed by atoms with Gasteiger partial charge < -0.3 is 10.6 Å². The van der Waals surface area contributed by atoms with Crippen LogP contribution in [-0.2, 0) is 6.42 Å². The van der Waals surface area contributed by atoms with Crippen LogP contribution in [0.4, 0.5) is 22.7 Å². The van der Waals surface area contributed by atoms with Gasteiger partial charge in [0.1, 0.15) is 0 Å². The van der Waals surface area contributed by atoms with Gasteiger partial charge in [-0.3, -0.25) is 10.1 Å². The first kappa shape index (κ1) is 12.5. The molecule has 0 bridgehead atoms. The van der Waals surface area contributed by atoms with Crippen LogP contribution in [0, 0.1) is 10.1 Å². The third-order valence-corrected chi connectivity index (χ3v) is 3.62. The van der Waals surface area contributed by atoms with Crippen LogP contribution in [0.1, 0.15) is 12.0 Å². The Labute approximate surface area is 116 Å². The molecule has 0 radical (unpaired) electrons. The van der Waals surface area contributed by atoms with E-state index in [1.807, 2.05) is 12.1 Å². The predicted molar refractivity (Wildman–Crippen MR) is 79.3 cm³/mol. The normalized spacial score (nSPS) is 13.9. The van der Waals surface area contributed by atoms with Crippen molar-refractivity contribution in [2.75, 3.05) is 17.2 Å². The zero-order valence-corrected chi connectivity index (χ0v) is 11.0. The van der Waals surface area contributed by atoms with Crippen molar-refractivity contribution in [3.8, 4) is 0 Å². The molecule has 0 aliphatic carbocycles. The van der Waals surface area contributed by atoms with E-state index < -0.39 is 4.92 Å². The molecule has 0 unspecified atom stereocenters. The highest BCUT2D eigenvalue weighted by molar-refractivity contribution is 5.78. The SMILES string of the molecule is Nc1cc([N+](=O)[O-])ccc1N1CCCc2ccccc21. The second-order valence-electron chi connectivity index (χ2n) is 4.88. The van der Waals surface area contributed by atoms with Crippen molar-refractivity contribution in [2.24, 2.45) is 0 Å². The molecule has 0 atom stereocenters. The lowest BCUT2D eigenvalue weighted by molar-refractivity contribution is -0.384. The average Bonchev–Trinajstić information content (AvgIpc) is 2.46. The van der Waals surface area contributed by atoms with Crippen LogP contribution >= 0.6 is 0 Å². The number of fused-ring (bicyclic) bond motifs is 1. The zero-order chi connectivity index (χ0) is 14.1. The van der Waals surface area contributed by atoms with Crippen molar-refractivity contribution in [1.29, 1.82) is 0 Å². The topological polar surface area (TPSA) is 72.4 Å². The van der Waals surface area contributed by atoms with E-state index in [0.717, 1.165) is 30.8 Å². The molecule has 2 aromatic carbocycles. The largest absolute Gasteiger partial charge is 0.397 e. The Morgan fingerprint density at radius 1 is 1.15 bits per heavy atom. The van der Waals surface area contributed by atoms with Gasteiger partial charge in [0.2, 0.25) is 0 Å². The van der Waals surface area contributed by atoms with Crippen LogP contribution < -0.4 is 10.6 Å². The Morgan fingerprint density at radius 3 is 2.70 bits per heavy atom. The average molecular weight is 269 g/mol. The van der Waals surface area contributed by atoms with E-state index in [4.69, 9.17) is 5.73 Å². The number of non-ortho nitro benzene ring substituents is 1. The van der Waals surface area contributed by atoms with Gasteiger partial charge in [-0.05, 0) is 30.5 Å². The zero-order valence-electron chi connectivity index (χ0n) is 11.0. The number of nitrogens with two attached hydrogens (primary N) is 1. The minimum atomic E-state index is -0.426. The summed E-state index contributed by atoms with van der Waals surface area (Å²) in [6.45, 7) is 0.874. The van der Waals surface area contributed by atoms with E-state index in [1.54, 1.807) is 6.07 Å². The number of hydrogen-bond donors (Lipinski definition) is 1. The summed E-state index contributed by atoms with van der Waals surface area (Å²) < 4.78 is 0. The van der Waals surface area contributed by atoms with E-state index in [9.17, 15) is 10.1 Å². The highest BCUT2D eigenvalue weighted by Gasteiger charge is 2.20. The van der Waals surface area contributed by atoms with E-state index in [1.165, 1.54) is 17.7 Å². The number of aryl methyl sites for hydroxylation is 1. The van der Waals surface area contributed by atoms with Crippen molar-refractivity contribution in [2.45, 2.75) is 12.8 Å². The first-order chi connectivity index (χ1) is 9.66. The molecule has 2 N–H and O–H groups in total. The molecule has 5 heteroatoms. The highest BCUT2D eigenvalue weighted by Crippen LogP contribution is 2.37. The maximum Gasteiger partial charge on any atom is 0.271 e. The lowest BCUT2D eigenvalue weighted by Gasteiger charge is -2.32. The van der Waals surface area contributed by atoms with Crippen LogP contribution in [0.3, 0.4) is 0 Å². The van der Waals surface area contributed by atoms with Crippen LogP contribution in [0.5, 0.6) is 0 Å². The number of nitrogens with zero attached hydrogens (tertiary/aromatic N) is 2. The van der Waals surface area contributed by atoms with Gasteiger partial charge in [-0.15, -0.1) is 0 Å². The first-order valence-electron chi connectivity index (χ1n) is 6.56. The lowest BCUT2D eigenvalue weighted by atomic mass is 10.0. The molecule has 5 nitrogen and oxygen atoms in total. The summed E-state index contributed by atoms with van der Waals surface area (Å²) in [6.07, 6.45) is 2.10. The Hall–Kier alpha value is -2.56. The number of nitro groups is 1. The van der Waals surface area contributed by atoms with Crippen molar-refractivity contribution in [1.82, 2.24) is 0 Å². The van der Waals surface area contributed by atoms with Gasteiger partial charge in [0, 0.05) is 24.4 Å². The van der Waals surface area contributed by atoms with Gasteiger partial charge >= 0.3 is 0 Å². The summed E-state index contributed by atoms with van der Waals surface area (Å²) in [5, 5.41) is 10.8. The monoisotopic (exact) mass is 269 g/mol. The molecular formula is C15H15N3O2. The van der Waals surface area contributed by atoms with Gasteiger partial charge in [0.25, 0.3) is 5.69 Å². The van der Waals surface area contributed by atoms with E-state index in [-0.39, 0.29) is 5.69 Å². The number of nitro benzene ring substituents is 1. The van der Waals surface area contributed by atoms with E-state index >= 15 is 0 Å². The number of benzene rings is 2. The summed E-state index contributed by atoms with van der Waals surface area (Å²) >= 11 is 0. The first-order valence-corrected chi connectivity index (χ1v) is 6.56. The summed E-state index contributed by atoms with van der Waals surface area (Å²) in [5.74, 6) is 0. The molecule has 1 aliphatic heterocycles. The molecule has 1 heterocycles. The molecule has 3 rings (SSSR count). The van der Waals surface area contributed by atoms with Crippen LogP contribution in [0.15, 0.2) is 42.5 Å². The molecule has 0 aromatic heterocycles. The quantitative estimate of drug-likeness (QED) is 0.516. The summed E-state index contributed by atoms with van der Waals surface area (Å²) in [7, 11) is 0. The molecule has 102 valence electrons. The third-order valence-electron chi connectivity index (χ3n) is 3.62. The van der Waals surface area contributed by atoms with Gasteiger partial charge in [0.15, 0.2) is 0 Å². The molecule has 0 amide bonds. The molecule has 1 aliphatic rings. The van der Waals surface area contributed by atoms with Crippen LogP contribution in [0.2, 0.25) is 0 Å². The molecule has 2 aromatic rings. The van der Waals surface area contributed by atoms with Crippen LogP contribution in [-0.4, -0.2) is 11.5 Å². The number of nitrogen functional groups attached to an aromatic ring is 1. The highest BCUT2D eigenvalue weighted by atomic mass is 16.6. The fourth-order valence-corrected chi connectivity index (χ4v) is 2.69. The summed E-state index contributed by atoms with van der Waals surface area (Å²) in [4.78, 5) is 12.5. The maximum atomic E-state index is 10.8. The van der Waals surface area contributed by atoms with Crippen molar-refractivity contribution < 1.29 is 4.92 Å². The number of para-hydroxylation sites is 1. The number of rotatable bonds is 2. The maximum absolute atomic E-state index is 10.8. The minimum Gasteiger partial charge on any atom is -0.397 e. The van der Waals surface area contributed by atoms with Crippen LogP contribution in [0.25, 0.3) is 0 Å². The molecule has 0 fully saturated rings. The standard InChI is InChI=1S/C15H15N3O2/c16-13-10-12(18(19)20)7-8-15(13)17-9-3-5-11-4-1-2-6-14(11)17/h1-2,4,6-8,10H,3,5,9,16H2. The minimum absolute atomic E-state index is 0.0246. The summed E-state index contributed by atoms with van der Waals surface area (Å²) in [6, 6.07) is 12.9. The van der Waals surface area contributed by atoms with Crippen molar-refractivity contribution in [3.05, 3.63) is 58.1 Å². The molecule has 20 heavy (non-hydrogen) atoms. The van der Waals surface area contributed by atoms with Crippen molar-refractivity contribution >= 4 is 22.7 Å². The fraction of sp³-hybridized carbons (Fsp3) is 0.200. The second kappa shape index (κ2) is 4.85. The Bertz CT molecular complexity index is 670. The van der Waals surface area contributed by atoms with Gasteiger partial charge in [0.05, 0.1) is 16.3 Å². The fourth-order valence-electron chi connectivity index (χ4n) is 2.69. The third kappa shape index (κ3) is 2.07. The summed E-state index contributed by atoms with van der Waals surface area (Å²) in [5.41, 5.74) is 9.73. The molecule has 0 saturated heterocycles. The van der Waals surface area contributed by atoms with Gasteiger partial charge in [-0.1, -0.05) is 18.2 Å². The molecule has 0 spiro atoms. The van der Waals surface area contributed by atoms with Crippen molar-refractivity contribution in [3.63, 3.8) is 0 Å². The lowest BCUT2D eigenvalue weighted by Crippen LogP contribution is -2.25. The molecular weight excluding hydrogens is 254 g/mol.